The molecular weight excluding hydrogens is 519 g/mol. The van der Waals surface area contributed by atoms with Crippen LogP contribution in [0.2, 0.25) is 10.0 Å². The van der Waals surface area contributed by atoms with Gasteiger partial charge >= 0.3 is 0 Å². The van der Waals surface area contributed by atoms with Gasteiger partial charge in [-0.25, -0.2) is 0 Å². The zero-order valence-electron chi connectivity index (χ0n) is 21.2. The van der Waals surface area contributed by atoms with Crippen LogP contribution in [-0.2, 0) is 11.3 Å². The lowest BCUT2D eigenvalue weighted by atomic mass is 9.57. The Labute approximate surface area is 231 Å². The summed E-state index contributed by atoms with van der Waals surface area (Å²) >= 11 is 12.9. The van der Waals surface area contributed by atoms with Crippen LogP contribution < -0.4 is 4.90 Å². The maximum absolute atomic E-state index is 6.46. The lowest BCUT2D eigenvalue weighted by Gasteiger charge is -2.59. The average Bonchev–Trinajstić information content (AvgIpc) is 3.63. The van der Waals surface area contributed by atoms with Crippen LogP contribution in [0.5, 0.6) is 0 Å². The van der Waals surface area contributed by atoms with Gasteiger partial charge in [-0.2, -0.15) is 0 Å². The number of methoxy groups -OCH3 is 1. The van der Waals surface area contributed by atoms with Crippen LogP contribution in [0, 0.1) is 11.3 Å². The number of ether oxygens (including phenoxy) is 1. The Morgan fingerprint density at radius 3 is 2.66 bits per heavy atom. The molecule has 3 aliphatic rings. The van der Waals surface area contributed by atoms with Gasteiger partial charge < -0.3 is 14.2 Å². The number of halogens is 2. The highest BCUT2D eigenvalue weighted by Crippen LogP contribution is 2.54. The Balaban J connectivity index is 1.05. The SMILES string of the molecule is COCc1ccnc2ccc(N3CC4(CC(/C=C/c5c(-c6c(Cl)cncc6Cl)noc5C5CC5)C4)C3)cc12. The highest BCUT2D eigenvalue weighted by Gasteiger charge is 2.51. The number of aromatic nitrogens is 3. The third-order valence-electron chi connectivity index (χ3n) is 8.25. The Kier molecular flexibility index (Phi) is 5.95. The van der Waals surface area contributed by atoms with Crippen LogP contribution >= 0.6 is 23.2 Å². The van der Waals surface area contributed by atoms with Gasteiger partial charge in [0.15, 0.2) is 0 Å². The van der Waals surface area contributed by atoms with E-state index in [9.17, 15) is 0 Å². The fourth-order valence-corrected chi connectivity index (χ4v) is 6.77. The molecule has 7 rings (SSSR count). The molecule has 3 aromatic heterocycles. The van der Waals surface area contributed by atoms with Crippen molar-refractivity contribution < 1.29 is 9.26 Å². The Morgan fingerprint density at radius 1 is 1.13 bits per heavy atom. The number of rotatable bonds is 7. The third-order valence-corrected chi connectivity index (χ3v) is 8.83. The molecule has 0 bridgehead atoms. The molecule has 0 N–H and O–H groups in total. The standard InChI is InChI=1S/C30H28Cl2N4O2/c1-37-15-20-8-9-34-26-7-5-21(10-23(20)26)36-16-30(17-36)11-18(12-30)2-6-22-28(35-38-29(22)19-3-4-19)27-24(31)13-33-14-25(27)32/h2,5-10,13-14,18-19H,3-4,11-12,15-17H2,1H3/b6-2+. The largest absolute Gasteiger partial charge is 0.380 e. The molecule has 3 fully saturated rings. The molecule has 1 spiro atoms. The molecule has 1 saturated heterocycles. The second-order valence-electron chi connectivity index (χ2n) is 11.0. The van der Waals surface area contributed by atoms with E-state index in [1.165, 1.54) is 29.5 Å². The molecule has 2 aliphatic carbocycles. The predicted molar refractivity (Wildman–Crippen MR) is 151 cm³/mol. The number of nitrogens with zero attached hydrogens (tertiary/aromatic N) is 4. The fraction of sp³-hybridized carbons (Fsp3) is 0.367. The second kappa shape index (κ2) is 9.37. The van der Waals surface area contributed by atoms with Gasteiger partial charge in [-0.3, -0.25) is 9.97 Å². The van der Waals surface area contributed by atoms with Gasteiger partial charge in [-0.1, -0.05) is 40.5 Å². The van der Waals surface area contributed by atoms with Gasteiger partial charge in [0.25, 0.3) is 0 Å². The molecule has 194 valence electrons. The molecule has 0 amide bonds. The van der Waals surface area contributed by atoms with Crippen molar-refractivity contribution >= 4 is 45.9 Å². The van der Waals surface area contributed by atoms with Crippen molar-refractivity contribution in [3.05, 3.63) is 75.9 Å². The molecule has 6 nitrogen and oxygen atoms in total. The van der Waals surface area contributed by atoms with Crippen LogP contribution in [0.25, 0.3) is 28.2 Å². The summed E-state index contributed by atoms with van der Waals surface area (Å²) in [7, 11) is 1.73. The Hall–Kier alpha value is -2.93. The molecule has 0 atom stereocenters. The molecule has 1 aromatic carbocycles. The zero-order valence-corrected chi connectivity index (χ0v) is 22.7. The van der Waals surface area contributed by atoms with Crippen molar-refractivity contribution in [2.45, 2.75) is 38.2 Å². The van der Waals surface area contributed by atoms with Gasteiger partial charge in [0, 0.05) is 72.3 Å². The smallest absolute Gasteiger partial charge is 0.147 e. The van der Waals surface area contributed by atoms with Crippen molar-refractivity contribution in [1.29, 1.82) is 0 Å². The molecule has 0 unspecified atom stereocenters. The highest BCUT2D eigenvalue weighted by molar-refractivity contribution is 6.39. The molecular formula is C30H28Cl2N4O2. The second-order valence-corrected chi connectivity index (χ2v) is 11.9. The Bertz CT molecular complexity index is 1530. The average molecular weight is 547 g/mol. The highest BCUT2D eigenvalue weighted by atomic mass is 35.5. The summed E-state index contributed by atoms with van der Waals surface area (Å²) in [4.78, 5) is 11.1. The maximum atomic E-state index is 6.46. The summed E-state index contributed by atoms with van der Waals surface area (Å²) in [5.41, 5.74) is 6.28. The first-order valence-corrected chi connectivity index (χ1v) is 13.9. The minimum Gasteiger partial charge on any atom is -0.380 e. The lowest BCUT2D eigenvalue weighted by Crippen LogP contribution is -2.62. The Morgan fingerprint density at radius 2 is 1.92 bits per heavy atom. The first-order valence-electron chi connectivity index (χ1n) is 13.1. The lowest BCUT2D eigenvalue weighted by molar-refractivity contribution is 0.0486. The van der Waals surface area contributed by atoms with E-state index in [2.05, 4.69) is 50.4 Å². The number of hydrogen-bond donors (Lipinski definition) is 0. The topological polar surface area (TPSA) is 64.3 Å². The summed E-state index contributed by atoms with van der Waals surface area (Å²) in [5.74, 6) is 1.93. The number of allylic oxidation sites excluding steroid dienone is 1. The van der Waals surface area contributed by atoms with Gasteiger partial charge in [-0.15, -0.1) is 0 Å². The van der Waals surface area contributed by atoms with Gasteiger partial charge in [-0.05, 0) is 61.4 Å². The van der Waals surface area contributed by atoms with Crippen molar-refractivity contribution in [3.63, 3.8) is 0 Å². The minimum atomic E-state index is 0.406. The number of pyridine rings is 2. The molecule has 0 radical (unpaired) electrons. The summed E-state index contributed by atoms with van der Waals surface area (Å²) in [5, 5.41) is 6.53. The molecule has 8 heteroatoms. The minimum absolute atomic E-state index is 0.406. The van der Waals surface area contributed by atoms with Crippen LogP contribution in [0.15, 0.2) is 53.5 Å². The number of benzene rings is 1. The fourth-order valence-electron chi connectivity index (χ4n) is 6.22. The van der Waals surface area contributed by atoms with Crippen molar-refractivity contribution in [2.24, 2.45) is 11.3 Å². The first-order chi connectivity index (χ1) is 18.5. The van der Waals surface area contributed by atoms with Crippen LogP contribution in [-0.4, -0.2) is 35.3 Å². The maximum Gasteiger partial charge on any atom is 0.147 e. The first kappa shape index (κ1) is 24.1. The van der Waals surface area contributed by atoms with Gasteiger partial charge in [0.05, 0.1) is 22.2 Å². The van der Waals surface area contributed by atoms with Crippen molar-refractivity contribution in [2.75, 3.05) is 25.1 Å². The van der Waals surface area contributed by atoms with Crippen molar-refractivity contribution in [1.82, 2.24) is 15.1 Å². The van der Waals surface area contributed by atoms with E-state index in [1.807, 2.05) is 12.3 Å². The number of hydrogen-bond acceptors (Lipinski definition) is 6. The van der Waals surface area contributed by atoms with E-state index >= 15 is 0 Å². The van der Waals surface area contributed by atoms with Gasteiger partial charge in [0.2, 0.25) is 0 Å². The monoisotopic (exact) mass is 546 g/mol. The van der Waals surface area contributed by atoms with E-state index in [0.29, 0.717) is 45.2 Å². The van der Waals surface area contributed by atoms with E-state index in [0.717, 1.165) is 42.8 Å². The van der Waals surface area contributed by atoms with E-state index in [-0.39, 0.29) is 0 Å². The molecule has 4 aromatic rings. The van der Waals surface area contributed by atoms with Crippen LogP contribution in [0.3, 0.4) is 0 Å². The van der Waals surface area contributed by atoms with E-state index in [4.69, 9.17) is 32.5 Å². The third kappa shape index (κ3) is 4.19. The van der Waals surface area contributed by atoms with E-state index < -0.39 is 0 Å². The van der Waals surface area contributed by atoms with E-state index in [1.54, 1.807) is 19.5 Å². The normalized spacial score (nSPS) is 18.9. The van der Waals surface area contributed by atoms with Crippen LogP contribution in [0.1, 0.15) is 48.5 Å². The summed E-state index contributed by atoms with van der Waals surface area (Å²) < 4.78 is 11.2. The van der Waals surface area contributed by atoms with Crippen molar-refractivity contribution in [3.8, 4) is 11.3 Å². The molecule has 4 heterocycles. The zero-order chi connectivity index (χ0) is 25.9. The molecule has 38 heavy (non-hydrogen) atoms. The quantitative estimate of drug-likeness (QED) is 0.238. The number of anilines is 1. The van der Waals surface area contributed by atoms with Crippen LogP contribution in [0.4, 0.5) is 5.69 Å². The molecule has 1 aliphatic heterocycles. The summed E-state index contributed by atoms with van der Waals surface area (Å²) in [6, 6.07) is 8.62. The molecule has 2 saturated carbocycles. The summed E-state index contributed by atoms with van der Waals surface area (Å²) in [6.07, 6.45) is 14.2. The summed E-state index contributed by atoms with van der Waals surface area (Å²) in [6.45, 7) is 2.78. The number of fused-ring (bicyclic) bond motifs is 1. The van der Waals surface area contributed by atoms with Gasteiger partial charge in [0.1, 0.15) is 11.5 Å². The predicted octanol–water partition coefficient (Wildman–Crippen LogP) is 7.55.